The Bertz CT molecular complexity index is 129. The van der Waals surface area contributed by atoms with Crippen molar-refractivity contribution in [2.24, 2.45) is 5.92 Å². The average Bonchev–Trinajstić information content (AvgIpc) is 1.87. The van der Waals surface area contributed by atoms with Crippen molar-refractivity contribution in [2.45, 2.75) is 13.8 Å². The van der Waals surface area contributed by atoms with E-state index >= 15 is 0 Å². The van der Waals surface area contributed by atoms with E-state index in [0.717, 1.165) is 0 Å². The van der Waals surface area contributed by atoms with Crippen molar-refractivity contribution in [2.75, 3.05) is 0 Å². The van der Waals surface area contributed by atoms with Gasteiger partial charge in [-0.2, -0.15) is 0 Å². The highest BCUT2D eigenvalue weighted by molar-refractivity contribution is 5.13. The fraction of sp³-hybridized carbons (Fsp3) is 0.333. The van der Waals surface area contributed by atoms with Crippen LogP contribution >= 0.6 is 0 Å². The van der Waals surface area contributed by atoms with Crippen LogP contribution in [0.1, 0.15) is 13.8 Å². The molecule has 0 spiro atoms. The lowest BCUT2D eigenvalue weighted by atomic mass is 10.0. The van der Waals surface area contributed by atoms with Gasteiger partial charge in [0, 0.05) is 5.92 Å². The summed E-state index contributed by atoms with van der Waals surface area (Å²) in [5, 5.41) is 0. The van der Waals surface area contributed by atoms with Gasteiger partial charge in [0.15, 0.2) is 6.08 Å². The zero-order valence-electron chi connectivity index (χ0n) is 6.09. The van der Waals surface area contributed by atoms with E-state index in [1.165, 1.54) is 5.57 Å². The zero-order chi connectivity index (χ0) is 7.28. The standard InChI is InChI=1S/C9H13/c1-5-7-9(4)8(3)6-2/h2,5-8H,1H2,3-4H3/q+1/b9-7+. The highest BCUT2D eigenvalue weighted by Gasteiger charge is 1.99. The van der Waals surface area contributed by atoms with Gasteiger partial charge in [-0.1, -0.05) is 31.2 Å². The highest BCUT2D eigenvalue weighted by atomic mass is 14.0. The Morgan fingerprint density at radius 3 is 2.56 bits per heavy atom. The second kappa shape index (κ2) is 4.05. The molecule has 0 saturated carbocycles. The molecule has 1 atom stereocenters. The predicted octanol–water partition coefficient (Wildman–Crippen LogP) is 2.74. The van der Waals surface area contributed by atoms with Gasteiger partial charge in [-0.25, -0.2) is 0 Å². The van der Waals surface area contributed by atoms with Crippen LogP contribution in [0.25, 0.3) is 0 Å². The molecule has 0 nitrogen and oxygen atoms in total. The van der Waals surface area contributed by atoms with Crippen molar-refractivity contribution in [1.82, 2.24) is 0 Å². The van der Waals surface area contributed by atoms with Crippen molar-refractivity contribution in [3.63, 3.8) is 0 Å². The molecular formula is C9H13+. The molecule has 0 amide bonds. The Balaban J connectivity index is 3.99. The van der Waals surface area contributed by atoms with Gasteiger partial charge in [-0.15, -0.1) is 0 Å². The summed E-state index contributed by atoms with van der Waals surface area (Å²) in [5.41, 5.74) is 1.24. The fourth-order valence-corrected chi connectivity index (χ4v) is 0.489. The molecule has 0 radical (unpaired) electrons. The lowest BCUT2D eigenvalue weighted by molar-refractivity contribution is 0.864. The van der Waals surface area contributed by atoms with E-state index in [0.29, 0.717) is 5.92 Å². The van der Waals surface area contributed by atoms with Gasteiger partial charge in [0.2, 0.25) is 6.58 Å². The molecular weight excluding hydrogens is 108 g/mol. The Hall–Kier alpha value is -0.870. The molecule has 1 unspecified atom stereocenters. The minimum Gasteiger partial charge on any atom is -0.0991 e. The van der Waals surface area contributed by atoms with E-state index in [-0.39, 0.29) is 0 Å². The zero-order valence-corrected chi connectivity index (χ0v) is 6.09. The van der Waals surface area contributed by atoms with E-state index in [2.05, 4.69) is 13.5 Å². The molecule has 0 saturated heterocycles. The molecule has 0 N–H and O–H groups in total. The molecule has 0 rings (SSSR count). The monoisotopic (exact) mass is 121 g/mol. The first kappa shape index (κ1) is 8.13. The van der Waals surface area contributed by atoms with Crippen LogP contribution in [0, 0.1) is 12.5 Å². The lowest BCUT2D eigenvalue weighted by Crippen LogP contribution is -1.88. The van der Waals surface area contributed by atoms with Crippen LogP contribution in [0.3, 0.4) is 0 Å². The van der Waals surface area contributed by atoms with Gasteiger partial charge >= 0.3 is 0 Å². The SMILES string of the molecule is [CH+]=CC(C)/C(C)=C/C=C. The Kier molecular flexibility index (Phi) is 3.66. The molecule has 0 aliphatic rings. The van der Waals surface area contributed by atoms with Crippen LogP contribution in [-0.2, 0) is 0 Å². The van der Waals surface area contributed by atoms with E-state index in [1.54, 1.807) is 12.2 Å². The van der Waals surface area contributed by atoms with E-state index in [4.69, 9.17) is 6.58 Å². The normalized spacial score (nSPS) is 14.6. The van der Waals surface area contributed by atoms with Crippen molar-refractivity contribution in [1.29, 1.82) is 0 Å². The van der Waals surface area contributed by atoms with E-state index in [9.17, 15) is 0 Å². The lowest BCUT2D eigenvalue weighted by Gasteiger charge is -1.98. The molecule has 0 aromatic heterocycles. The van der Waals surface area contributed by atoms with Crippen molar-refractivity contribution >= 4 is 0 Å². The third kappa shape index (κ3) is 2.84. The molecule has 0 aromatic rings. The fourth-order valence-electron chi connectivity index (χ4n) is 0.489. The minimum atomic E-state index is 0.364. The van der Waals surface area contributed by atoms with Gasteiger partial charge < -0.3 is 0 Å². The smallest absolute Gasteiger partial charge is 0.0991 e. The molecule has 0 aromatic carbocycles. The first-order valence-corrected chi connectivity index (χ1v) is 3.06. The Morgan fingerprint density at radius 1 is 1.67 bits per heavy atom. The van der Waals surface area contributed by atoms with Gasteiger partial charge in [-0.3, -0.25) is 0 Å². The summed E-state index contributed by atoms with van der Waals surface area (Å²) in [6, 6.07) is 0. The summed E-state index contributed by atoms with van der Waals surface area (Å²) < 4.78 is 0. The largest absolute Gasteiger partial charge is 0.202 e. The molecule has 0 heterocycles. The molecule has 0 aliphatic heterocycles. The van der Waals surface area contributed by atoms with Gasteiger partial charge in [0.05, 0.1) is 0 Å². The number of rotatable bonds is 3. The van der Waals surface area contributed by atoms with Gasteiger partial charge in [0.25, 0.3) is 0 Å². The number of allylic oxidation sites excluding steroid dienone is 4. The van der Waals surface area contributed by atoms with Crippen LogP contribution in [0.4, 0.5) is 0 Å². The topological polar surface area (TPSA) is 0 Å². The molecule has 0 heteroatoms. The highest BCUT2D eigenvalue weighted by Crippen LogP contribution is 2.09. The molecule has 0 bridgehead atoms. The van der Waals surface area contributed by atoms with Crippen LogP contribution < -0.4 is 0 Å². The summed E-state index contributed by atoms with van der Waals surface area (Å²) in [7, 11) is 0. The van der Waals surface area contributed by atoms with Crippen molar-refractivity contribution < 1.29 is 0 Å². The quantitative estimate of drug-likeness (QED) is 0.398. The maximum absolute atomic E-state index is 5.30. The summed E-state index contributed by atoms with van der Waals surface area (Å²) >= 11 is 0. The van der Waals surface area contributed by atoms with Gasteiger partial charge in [-0.05, 0) is 6.92 Å². The minimum absolute atomic E-state index is 0.364. The van der Waals surface area contributed by atoms with Crippen molar-refractivity contribution in [3.05, 3.63) is 37.0 Å². The first-order chi connectivity index (χ1) is 4.22. The summed E-state index contributed by atoms with van der Waals surface area (Å²) in [6.45, 7) is 13.0. The molecule has 9 heavy (non-hydrogen) atoms. The number of hydrogen-bond acceptors (Lipinski definition) is 0. The van der Waals surface area contributed by atoms with Crippen LogP contribution in [0.5, 0.6) is 0 Å². The van der Waals surface area contributed by atoms with Crippen molar-refractivity contribution in [3.8, 4) is 0 Å². The van der Waals surface area contributed by atoms with E-state index in [1.807, 2.05) is 13.0 Å². The maximum Gasteiger partial charge on any atom is 0.202 e. The molecule has 48 valence electrons. The van der Waals surface area contributed by atoms with Gasteiger partial charge in [0.1, 0.15) is 0 Å². The number of hydrogen-bond donors (Lipinski definition) is 0. The Labute approximate surface area is 57.6 Å². The first-order valence-electron chi connectivity index (χ1n) is 3.06. The summed E-state index contributed by atoms with van der Waals surface area (Å²) in [6.07, 6.45) is 5.42. The summed E-state index contributed by atoms with van der Waals surface area (Å²) in [4.78, 5) is 0. The second-order valence-corrected chi connectivity index (χ2v) is 2.13. The van der Waals surface area contributed by atoms with Crippen LogP contribution in [0.2, 0.25) is 0 Å². The second-order valence-electron chi connectivity index (χ2n) is 2.13. The third-order valence-electron chi connectivity index (χ3n) is 1.39. The Morgan fingerprint density at radius 2 is 2.22 bits per heavy atom. The molecule has 0 fully saturated rings. The summed E-state index contributed by atoms with van der Waals surface area (Å²) in [5.74, 6) is 0.364. The average molecular weight is 121 g/mol. The molecule has 0 aliphatic carbocycles. The predicted molar refractivity (Wildman–Crippen MR) is 42.0 cm³/mol. The third-order valence-corrected chi connectivity index (χ3v) is 1.39. The maximum atomic E-state index is 5.30. The van der Waals surface area contributed by atoms with Crippen LogP contribution in [0.15, 0.2) is 30.4 Å². The van der Waals surface area contributed by atoms with E-state index < -0.39 is 0 Å². The van der Waals surface area contributed by atoms with Crippen LogP contribution in [-0.4, -0.2) is 0 Å².